The highest BCUT2D eigenvalue weighted by Crippen LogP contribution is 2.45. The Hall–Kier alpha value is -1.53. The predicted molar refractivity (Wildman–Crippen MR) is 138 cm³/mol. The fraction of sp³-hybridized carbons (Fsp3) is 0.704. The van der Waals surface area contributed by atoms with E-state index in [1.165, 1.54) is 69.1 Å². The Morgan fingerprint density at radius 3 is 2.03 bits per heavy atom. The molecule has 0 aromatic heterocycles. The molecule has 1 amide bonds. The third kappa shape index (κ3) is 6.13. The summed E-state index contributed by atoms with van der Waals surface area (Å²) in [4.78, 5) is 25.7. The molecule has 5 nitrogen and oxygen atoms in total. The number of nitrogens with one attached hydrogen (secondary N) is 1. The van der Waals surface area contributed by atoms with Crippen LogP contribution in [0.3, 0.4) is 0 Å². The van der Waals surface area contributed by atoms with Crippen molar-refractivity contribution >= 4 is 30.2 Å². The van der Waals surface area contributed by atoms with Gasteiger partial charge in [-0.3, -0.25) is 9.69 Å². The van der Waals surface area contributed by atoms with Gasteiger partial charge in [0.05, 0.1) is 0 Å². The number of fused-ring (bicyclic) bond motifs is 1. The molecule has 2 atom stereocenters. The Kier molecular flexibility index (Phi) is 9.28. The monoisotopic (exact) mass is 474 g/mol. The molecule has 0 bridgehead atoms. The van der Waals surface area contributed by atoms with Crippen LogP contribution in [0.2, 0.25) is 0 Å². The molecular formula is C27H42N2O3S. The average Bonchev–Trinajstić information content (AvgIpc) is 3.07. The number of hydrogen-bond donors (Lipinski definition) is 3. The van der Waals surface area contributed by atoms with Gasteiger partial charge in [0.2, 0.25) is 5.91 Å². The summed E-state index contributed by atoms with van der Waals surface area (Å²) in [5.74, 6) is -1.09. The van der Waals surface area contributed by atoms with Crippen LogP contribution >= 0.6 is 12.6 Å². The zero-order chi connectivity index (χ0) is 24.0. The average molecular weight is 475 g/mol. The maximum Gasteiger partial charge on any atom is 0.327 e. The van der Waals surface area contributed by atoms with Crippen LogP contribution in [0.15, 0.2) is 24.3 Å². The Bertz CT molecular complexity index is 784. The van der Waals surface area contributed by atoms with E-state index in [9.17, 15) is 14.7 Å². The fourth-order valence-electron chi connectivity index (χ4n) is 5.69. The summed E-state index contributed by atoms with van der Waals surface area (Å²) in [5.41, 5.74) is 0.977. The molecule has 6 heteroatoms. The van der Waals surface area contributed by atoms with E-state index in [-0.39, 0.29) is 11.8 Å². The number of aliphatic carboxylic acids is 1. The smallest absolute Gasteiger partial charge is 0.327 e. The van der Waals surface area contributed by atoms with E-state index < -0.39 is 17.4 Å². The molecule has 2 unspecified atom stereocenters. The SMILES string of the molecule is C1CCC(NC2CCCCC2)CC1.CC(CS)C(=O)N1c2ccccc2C(C)(C)C1C(=O)O. The van der Waals surface area contributed by atoms with E-state index in [0.717, 1.165) is 17.6 Å². The van der Waals surface area contributed by atoms with Crippen molar-refractivity contribution in [2.75, 3.05) is 10.7 Å². The van der Waals surface area contributed by atoms with Crippen LogP contribution in [0.25, 0.3) is 0 Å². The van der Waals surface area contributed by atoms with Crippen LogP contribution in [0.5, 0.6) is 0 Å². The minimum atomic E-state index is -0.981. The van der Waals surface area contributed by atoms with Gasteiger partial charge in [0, 0.05) is 34.9 Å². The van der Waals surface area contributed by atoms with Gasteiger partial charge in [-0.25, -0.2) is 4.79 Å². The summed E-state index contributed by atoms with van der Waals surface area (Å²) in [7, 11) is 0. The van der Waals surface area contributed by atoms with Crippen LogP contribution < -0.4 is 10.2 Å². The highest BCUT2D eigenvalue weighted by Gasteiger charge is 2.51. The normalized spacial score (nSPS) is 23.9. The molecule has 1 aliphatic heterocycles. The molecular weight excluding hydrogens is 432 g/mol. The van der Waals surface area contributed by atoms with E-state index in [0.29, 0.717) is 11.4 Å². The molecule has 2 fully saturated rings. The van der Waals surface area contributed by atoms with Crippen LogP contribution in [0.1, 0.15) is 90.5 Å². The van der Waals surface area contributed by atoms with Crippen molar-refractivity contribution in [2.45, 2.75) is 109 Å². The maximum absolute atomic E-state index is 12.6. The molecule has 0 saturated heterocycles. The van der Waals surface area contributed by atoms with Crippen molar-refractivity contribution in [3.8, 4) is 0 Å². The number of nitrogens with zero attached hydrogens (tertiary/aromatic N) is 1. The lowest BCUT2D eigenvalue weighted by atomic mass is 9.80. The van der Waals surface area contributed by atoms with Gasteiger partial charge >= 0.3 is 5.97 Å². The number of carboxylic acid groups (broad SMARTS) is 1. The third-order valence-electron chi connectivity index (χ3n) is 7.65. The Balaban J connectivity index is 0.000000203. The third-order valence-corrected chi connectivity index (χ3v) is 8.20. The van der Waals surface area contributed by atoms with Gasteiger partial charge < -0.3 is 10.4 Å². The van der Waals surface area contributed by atoms with Crippen molar-refractivity contribution in [2.24, 2.45) is 5.92 Å². The highest BCUT2D eigenvalue weighted by atomic mass is 32.1. The summed E-state index contributed by atoms with van der Waals surface area (Å²) in [6, 6.07) is 8.26. The van der Waals surface area contributed by atoms with Crippen LogP contribution in [-0.2, 0) is 15.0 Å². The summed E-state index contributed by atoms with van der Waals surface area (Å²) < 4.78 is 0. The topological polar surface area (TPSA) is 69.6 Å². The number of carboxylic acids is 1. The largest absolute Gasteiger partial charge is 0.480 e. The first-order valence-electron chi connectivity index (χ1n) is 12.8. The lowest BCUT2D eigenvalue weighted by Gasteiger charge is -2.31. The molecule has 1 aromatic rings. The predicted octanol–water partition coefficient (Wildman–Crippen LogP) is 5.57. The first-order chi connectivity index (χ1) is 15.8. The summed E-state index contributed by atoms with van der Waals surface area (Å²) >= 11 is 4.15. The number of hydrogen-bond acceptors (Lipinski definition) is 4. The lowest BCUT2D eigenvalue weighted by molar-refractivity contribution is -0.141. The van der Waals surface area contributed by atoms with Gasteiger partial charge in [-0.2, -0.15) is 12.6 Å². The number of anilines is 1. The van der Waals surface area contributed by atoms with Gasteiger partial charge in [-0.1, -0.05) is 77.5 Å². The van der Waals surface area contributed by atoms with E-state index in [4.69, 9.17) is 0 Å². The van der Waals surface area contributed by atoms with Gasteiger partial charge in [-0.15, -0.1) is 0 Å². The molecule has 2 N–H and O–H groups in total. The summed E-state index contributed by atoms with van der Waals surface area (Å²) in [6.45, 7) is 5.49. The zero-order valence-electron chi connectivity index (χ0n) is 20.6. The molecule has 1 aromatic carbocycles. The lowest BCUT2D eigenvalue weighted by Crippen LogP contribution is -2.51. The van der Waals surface area contributed by atoms with Gasteiger partial charge in [0.25, 0.3) is 0 Å². The number of thiol groups is 1. The molecule has 0 radical (unpaired) electrons. The number of carbonyl (C=O) groups excluding carboxylic acids is 1. The summed E-state index contributed by atoms with van der Waals surface area (Å²) in [5, 5.41) is 13.4. The van der Waals surface area contributed by atoms with Crippen molar-refractivity contribution in [1.29, 1.82) is 0 Å². The second kappa shape index (κ2) is 11.7. The fourth-order valence-corrected chi connectivity index (χ4v) is 5.85. The molecule has 2 saturated carbocycles. The quantitative estimate of drug-likeness (QED) is 0.488. The molecule has 4 rings (SSSR count). The van der Waals surface area contributed by atoms with Crippen molar-refractivity contribution < 1.29 is 14.7 Å². The van der Waals surface area contributed by atoms with E-state index in [2.05, 4.69) is 17.9 Å². The first kappa shape index (κ1) is 26.1. The minimum absolute atomic E-state index is 0.189. The van der Waals surface area contributed by atoms with Gasteiger partial charge in [0.1, 0.15) is 6.04 Å². The van der Waals surface area contributed by atoms with Gasteiger partial charge in [0.15, 0.2) is 0 Å². The van der Waals surface area contributed by atoms with Crippen molar-refractivity contribution in [1.82, 2.24) is 5.32 Å². The van der Waals surface area contributed by atoms with Crippen molar-refractivity contribution in [3.63, 3.8) is 0 Å². The van der Waals surface area contributed by atoms with Crippen LogP contribution in [0, 0.1) is 5.92 Å². The van der Waals surface area contributed by atoms with Crippen LogP contribution in [0.4, 0.5) is 5.69 Å². The Morgan fingerprint density at radius 2 is 1.55 bits per heavy atom. The second-order valence-electron chi connectivity index (χ2n) is 10.6. The number of carbonyl (C=O) groups is 2. The molecule has 2 aliphatic carbocycles. The zero-order valence-corrected chi connectivity index (χ0v) is 21.4. The Labute approximate surface area is 205 Å². The molecule has 3 aliphatic rings. The van der Waals surface area contributed by atoms with Crippen LogP contribution in [-0.4, -0.2) is 40.9 Å². The highest BCUT2D eigenvalue weighted by molar-refractivity contribution is 7.80. The standard InChI is InChI=1S/C15H19NO3S.C12H23N/c1-9(8-20)13(17)16-11-7-5-4-6-10(11)15(2,3)12(16)14(18)19;1-3-7-11(8-4-1)13-12-9-5-2-6-10-12/h4-7,9,12,20H,8H2,1-3H3,(H,18,19);11-13H,1-10H2. The van der Waals surface area contributed by atoms with Crippen molar-refractivity contribution in [3.05, 3.63) is 29.8 Å². The Morgan fingerprint density at radius 1 is 1.03 bits per heavy atom. The minimum Gasteiger partial charge on any atom is -0.480 e. The maximum atomic E-state index is 12.6. The van der Waals surface area contributed by atoms with Gasteiger partial charge in [-0.05, 0) is 37.3 Å². The summed E-state index contributed by atoms with van der Waals surface area (Å²) in [6.07, 6.45) is 14.6. The van der Waals surface area contributed by atoms with E-state index in [1.54, 1.807) is 6.92 Å². The number of para-hydroxylation sites is 1. The number of rotatable bonds is 5. The molecule has 1 heterocycles. The number of benzene rings is 1. The molecule has 33 heavy (non-hydrogen) atoms. The van der Waals surface area contributed by atoms with E-state index >= 15 is 0 Å². The first-order valence-corrected chi connectivity index (χ1v) is 13.4. The molecule has 184 valence electrons. The number of amides is 1. The second-order valence-corrected chi connectivity index (χ2v) is 11.0. The molecule has 0 spiro atoms. The van der Waals surface area contributed by atoms with E-state index in [1.807, 2.05) is 38.1 Å².